The lowest BCUT2D eigenvalue weighted by Gasteiger charge is -2.30. The summed E-state index contributed by atoms with van der Waals surface area (Å²) in [5, 5.41) is 13.3. The number of carbonyl (C=O) groups is 1. The van der Waals surface area contributed by atoms with Gasteiger partial charge in [0.05, 0.1) is 0 Å². The average Bonchev–Trinajstić information content (AvgIpc) is 3.05. The van der Waals surface area contributed by atoms with E-state index < -0.39 is 0 Å². The van der Waals surface area contributed by atoms with Crippen molar-refractivity contribution < 1.29 is 14.4 Å². The number of rotatable bonds is 3. The third-order valence-corrected chi connectivity index (χ3v) is 4.13. The third kappa shape index (κ3) is 3.04. The van der Waals surface area contributed by atoms with Crippen LogP contribution in [0.1, 0.15) is 29.0 Å². The maximum absolute atomic E-state index is 12.5. The van der Waals surface area contributed by atoms with E-state index in [2.05, 4.69) is 5.16 Å². The van der Waals surface area contributed by atoms with Crippen molar-refractivity contribution in [1.29, 1.82) is 0 Å². The second kappa shape index (κ2) is 6.32. The monoisotopic (exact) mass is 300 g/mol. The maximum atomic E-state index is 12.5. The lowest BCUT2D eigenvalue weighted by Crippen LogP contribution is -2.40. The molecule has 1 unspecified atom stereocenters. The van der Waals surface area contributed by atoms with Gasteiger partial charge in [0.1, 0.15) is 5.69 Å². The first-order valence-corrected chi connectivity index (χ1v) is 7.61. The van der Waals surface area contributed by atoms with E-state index in [0.717, 1.165) is 18.4 Å². The molecule has 116 valence electrons. The molecule has 0 saturated carbocycles. The first-order valence-electron chi connectivity index (χ1n) is 7.61. The minimum absolute atomic E-state index is 0.120. The molecule has 0 aliphatic carbocycles. The van der Waals surface area contributed by atoms with Gasteiger partial charge in [-0.25, -0.2) is 0 Å². The number of aromatic nitrogens is 1. The molecule has 0 radical (unpaired) electrons. The molecule has 1 aromatic heterocycles. The van der Waals surface area contributed by atoms with Gasteiger partial charge in [0.15, 0.2) is 0 Å². The number of piperidine rings is 1. The molecule has 1 N–H and O–H groups in total. The van der Waals surface area contributed by atoms with Crippen LogP contribution in [0.4, 0.5) is 0 Å². The number of aliphatic hydroxyl groups is 1. The summed E-state index contributed by atoms with van der Waals surface area (Å²) >= 11 is 0. The second-order valence-electron chi connectivity index (χ2n) is 5.88. The Morgan fingerprint density at radius 2 is 2.18 bits per heavy atom. The summed E-state index contributed by atoms with van der Waals surface area (Å²) in [5.41, 5.74) is 2.77. The van der Waals surface area contributed by atoms with E-state index in [1.165, 1.54) is 5.56 Å². The van der Waals surface area contributed by atoms with Crippen molar-refractivity contribution in [3.8, 4) is 11.3 Å². The molecule has 2 heterocycles. The minimum atomic E-state index is -0.149. The van der Waals surface area contributed by atoms with Crippen LogP contribution in [0.2, 0.25) is 0 Å². The van der Waals surface area contributed by atoms with Gasteiger partial charge in [-0.05, 0) is 25.7 Å². The Bertz CT molecular complexity index is 648. The quantitative estimate of drug-likeness (QED) is 0.945. The Morgan fingerprint density at radius 3 is 2.91 bits per heavy atom. The van der Waals surface area contributed by atoms with E-state index in [9.17, 15) is 9.90 Å². The molecule has 1 atom stereocenters. The molecule has 5 heteroatoms. The molecule has 1 fully saturated rings. The third-order valence-electron chi connectivity index (χ3n) is 4.13. The van der Waals surface area contributed by atoms with Gasteiger partial charge in [0, 0.05) is 31.3 Å². The van der Waals surface area contributed by atoms with E-state index in [-0.39, 0.29) is 24.2 Å². The predicted molar refractivity (Wildman–Crippen MR) is 82.4 cm³/mol. The van der Waals surface area contributed by atoms with Gasteiger partial charge in [-0.2, -0.15) is 0 Å². The molecule has 0 spiro atoms. The van der Waals surface area contributed by atoms with Gasteiger partial charge in [0.2, 0.25) is 5.76 Å². The Balaban J connectivity index is 1.75. The number of amides is 1. The molecule has 1 amide bonds. The minimum Gasteiger partial charge on any atom is -0.396 e. The van der Waals surface area contributed by atoms with E-state index in [4.69, 9.17) is 4.52 Å². The molecule has 1 aliphatic rings. The van der Waals surface area contributed by atoms with Crippen LogP contribution in [-0.2, 0) is 0 Å². The highest BCUT2D eigenvalue weighted by atomic mass is 16.5. The highest BCUT2D eigenvalue weighted by molar-refractivity contribution is 5.92. The molecular formula is C17H20N2O3. The average molecular weight is 300 g/mol. The largest absolute Gasteiger partial charge is 0.396 e. The molecule has 5 nitrogen and oxygen atoms in total. The van der Waals surface area contributed by atoms with Gasteiger partial charge < -0.3 is 14.5 Å². The van der Waals surface area contributed by atoms with Gasteiger partial charge in [-0.15, -0.1) is 0 Å². The zero-order valence-electron chi connectivity index (χ0n) is 12.7. The Hall–Kier alpha value is -2.14. The van der Waals surface area contributed by atoms with Crippen molar-refractivity contribution in [2.24, 2.45) is 5.92 Å². The summed E-state index contributed by atoms with van der Waals surface area (Å²) < 4.78 is 5.23. The lowest BCUT2D eigenvalue weighted by atomic mass is 9.99. The fourth-order valence-electron chi connectivity index (χ4n) is 2.79. The fourth-order valence-corrected chi connectivity index (χ4v) is 2.79. The predicted octanol–water partition coefficient (Wildman–Crippen LogP) is 2.49. The first-order chi connectivity index (χ1) is 10.7. The second-order valence-corrected chi connectivity index (χ2v) is 5.88. The van der Waals surface area contributed by atoms with Crippen LogP contribution >= 0.6 is 0 Å². The number of aryl methyl sites for hydroxylation is 1. The summed E-state index contributed by atoms with van der Waals surface area (Å²) in [6.45, 7) is 3.43. The summed E-state index contributed by atoms with van der Waals surface area (Å²) in [4.78, 5) is 14.2. The van der Waals surface area contributed by atoms with Crippen LogP contribution in [0.5, 0.6) is 0 Å². The van der Waals surface area contributed by atoms with Crippen molar-refractivity contribution in [3.63, 3.8) is 0 Å². The molecule has 0 bridgehead atoms. The van der Waals surface area contributed by atoms with Crippen molar-refractivity contribution in [3.05, 3.63) is 41.7 Å². The van der Waals surface area contributed by atoms with E-state index in [1.54, 1.807) is 11.0 Å². The smallest absolute Gasteiger partial charge is 0.292 e. The zero-order chi connectivity index (χ0) is 15.5. The van der Waals surface area contributed by atoms with Crippen molar-refractivity contribution in [2.45, 2.75) is 19.8 Å². The van der Waals surface area contributed by atoms with E-state index >= 15 is 0 Å². The van der Waals surface area contributed by atoms with E-state index in [0.29, 0.717) is 18.8 Å². The normalized spacial score (nSPS) is 18.5. The number of nitrogens with zero attached hydrogens (tertiary/aromatic N) is 2. The number of aliphatic hydroxyl groups excluding tert-OH is 1. The van der Waals surface area contributed by atoms with Crippen LogP contribution in [-0.4, -0.2) is 40.8 Å². The van der Waals surface area contributed by atoms with Crippen LogP contribution in [0.15, 0.2) is 34.9 Å². The number of hydrogen-bond donors (Lipinski definition) is 1. The first kappa shape index (κ1) is 14.8. The summed E-state index contributed by atoms with van der Waals surface area (Å²) in [6.07, 6.45) is 1.88. The van der Waals surface area contributed by atoms with Crippen molar-refractivity contribution in [2.75, 3.05) is 19.7 Å². The van der Waals surface area contributed by atoms with Crippen LogP contribution in [0.3, 0.4) is 0 Å². The zero-order valence-corrected chi connectivity index (χ0v) is 12.7. The number of likely N-dealkylation sites (tertiary alicyclic amines) is 1. The van der Waals surface area contributed by atoms with E-state index in [1.807, 2.05) is 31.2 Å². The molecule has 1 saturated heterocycles. The Labute approximate surface area is 129 Å². The molecule has 2 aromatic rings. The Morgan fingerprint density at radius 1 is 1.41 bits per heavy atom. The van der Waals surface area contributed by atoms with Gasteiger partial charge >= 0.3 is 0 Å². The summed E-state index contributed by atoms with van der Waals surface area (Å²) in [7, 11) is 0. The van der Waals surface area contributed by atoms with Crippen LogP contribution in [0.25, 0.3) is 11.3 Å². The number of carbonyl (C=O) groups excluding carboxylic acids is 1. The summed E-state index contributed by atoms with van der Waals surface area (Å²) in [6, 6.07) is 9.62. The topological polar surface area (TPSA) is 66.6 Å². The molecule has 1 aliphatic heterocycles. The summed E-state index contributed by atoms with van der Waals surface area (Å²) in [5.74, 6) is 0.273. The number of hydrogen-bond acceptors (Lipinski definition) is 4. The highest BCUT2D eigenvalue weighted by Gasteiger charge is 2.26. The molecule has 3 rings (SSSR count). The number of benzene rings is 1. The Kier molecular flexibility index (Phi) is 4.24. The lowest BCUT2D eigenvalue weighted by molar-refractivity contribution is 0.0581. The van der Waals surface area contributed by atoms with Gasteiger partial charge in [-0.1, -0.05) is 35.0 Å². The van der Waals surface area contributed by atoms with Crippen LogP contribution < -0.4 is 0 Å². The van der Waals surface area contributed by atoms with Crippen molar-refractivity contribution >= 4 is 5.91 Å². The van der Waals surface area contributed by atoms with Crippen molar-refractivity contribution in [1.82, 2.24) is 10.1 Å². The SMILES string of the molecule is Cc1ccc(-c2cc(C(=O)N3CCCC(CO)C3)on2)cc1. The van der Waals surface area contributed by atoms with Gasteiger partial charge in [-0.3, -0.25) is 4.79 Å². The van der Waals surface area contributed by atoms with Gasteiger partial charge in [0.25, 0.3) is 5.91 Å². The fraction of sp³-hybridized carbons (Fsp3) is 0.412. The maximum Gasteiger partial charge on any atom is 0.292 e. The van der Waals surface area contributed by atoms with Crippen LogP contribution in [0, 0.1) is 12.8 Å². The molecule has 1 aromatic carbocycles. The standard InChI is InChI=1S/C17H20N2O3/c1-12-4-6-14(7-5-12)15-9-16(22-18-15)17(21)19-8-2-3-13(10-19)11-20/h4-7,9,13,20H,2-3,8,10-11H2,1H3. The molecular weight excluding hydrogens is 280 g/mol. The molecule has 22 heavy (non-hydrogen) atoms. The highest BCUT2D eigenvalue weighted by Crippen LogP contribution is 2.22.